The van der Waals surface area contributed by atoms with E-state index in [2.05, 4.69) is 27.0 Å². The number of hydrogen-bond donors (Lipinski definition) is 5. The molecule has 1 aliphatic rings. The molecule has 7 heteroatoms. The Hall–Kier alpha value is -2.12. The van der Waals surface area contributed by atoms with Crippen LogP contribution in [0.5, 0.6) is 0 Å². The molecule has 0 aromatic heterocycles. The second kappa shape index (κ2) is 7.63. The molecule has 24 heavy (non-hydrogen) atoms. The number of anilines is 1. The summed E-state index contributed by atoms with van der Waals surface area (Å²) in [4.78, 5) is 12.4. The third-order valence-corrected chi connectivity index (χ3v) is 4.08. The maximum Gasteiger partial charge on any atom is 0.242 e. The van der Waals surface area contributed by atoms with Crippen molar-refractivity contribution in [3.63, 3.8) is 0 Å². The average molecular weight is 346 g/mol. The van der Waals surface area contributed by atoms with Gasteiger partial charge in [-0.05, 0) is 36.8 Å². The van der Waals surface area contributed by atoms with Crippen LogP contribution in [0.4, 0.5) is 5.69 Å². The lowest BCUT2D eigenvalue weighted by atomic mass is 10.1. The third-order valence-electron chi connectivity index (χ3n) is 3.82. The maximum absolute atomic E-state index is 12.4. The maximum atomic E-state index is 12.4. The van der Waals surface area contributed by atoms with E-state index in [1.165, 1.54) is 5.56 Å². The molecule has 1 amide bonds. The smallest absolute Gasteiger partial charge is 0.242 e. The van der Waals surface area contributed by atoms with E-state index >= 15 is 0 Å². The highest BCUT2D eigenvalue weighted by molar-refractivity contribution is 6.30. The lowest BCUT2D eigenvalue weighted by molar-refractivity contribution is -0.123. The Bertz CT molecular complexity index is 689. The predicted octanol–water partition coefficient (Wildman–Crippen LogP) is 1.68. The first kappa shape index (κ1) is 16.7. The second-order valence-corrected chi connectivity index (χ2v) is 6.16. The van der Waals surface area contributed by atoms with Gasteiger partial charge in [-0.2, -0.15) is 5.53 Å². The molecule has 2 unspecified atom stereocenters. The van der Waals surface area contributed by atoms with Gasteiger partial charge in [-0.1, -0.05) is 41.4 Å². The molecule has 6 nitrogen and oxygen atoms in total. The number of aryl methyl sites for hydroxylation is 1. The van der Waals surface area contributed by atoms with Gasteiger partial charge in [-0.3, -0.25) is 4.79 Å². The first-order chi connectivity index (χ1) is 11.6. The zero-order valence-corrected chi connectivity index (χ0v) is 14.0. The fourth-order valence-corrected chi connectivity index (χ4v) is 2.56. The minimum Gasteiger partial charge on any atom is -0.367 e. The van der Waals surface area contributed by atoms with Gasteiger partial charge in [0.2, 0.25) is 5.91 Å². The summed E-state index contributed by atoms with van der Waals surface area (Å²) in [6, 6.07) is 15.0. The summed E-state index contributed by atoms with van der Waals surface area (Å²) in [7, 11) is 0. The topological polar surface area (TPSA) is 77.2 Å². The lowest BCUT2D eigenvalue weighted by Crippen LogP contribution is -2.50. The minimum absolute atomic E-state index is 0.105. The van der Waals surface area contributed by atoms with Crippen molar-refractivity contribution in [2.45, 2.75) is 25.7 Å². The molecule has 126 valence electrons. The molecular formula is C17H20ClN5O. The van der Waals surface area contributed by atoms with Gasteiger partial charge in [0.05, 0.1) is 0 Å². The van der Waals surface area contributed by atoms with Crippen LogP contribution in [-0.2, 0) is 11.3 Å². The van der Waals surface area contributed by atoms with E-state index in [1.807, 2.05) is 55.5 Å². The van der Waals surface area contributed by atoms with Crippen LogP contribution in [0.3, 0.4) is 0 Å². The Morgan fingerprint density at radius 1 is 1.08 bits per heavy atom. The largest absolute Gasteiger partial charge is 0.367 e. The van der Waals surface area contributed by atoms with Crippen LogP contribution < -0.4 is 27.0 Å². The van der Waals surface area contributed by atoms with Crippen LogP contribution in [0.25, 0.3) is 0 Å². The summed E-state index contributed by atoms with van der Waals surface area (Å²) in [5.74, 6) is -0.105. The van der Waals surface area contributed by atoms with Gasteiger partial charge < -0.3 is 10.6 Å². The molecule has 3 rings (SSSR count). The highest BCUT2D eigenvalue weighted by atomic mass is 35.5. The van der Waals surface area contributed by atoms with Gasteiger partial charge in [-0.25, -0.2) is 10.9 Å². The number of hydrazine groups is 2. The lowest BCUT2D eigenvalue weighted by Gasteiger charge is -2.20. The van der Waals surface area contributed by atoms with Gasteiger partial charge >= 0.3 is 0 Å². The molecule has 1 fully saturated rings. The molecule has 1 heterocycles. The van der Waals surface area contributed by atoms with Crippen LogP contribution >= 0.6 is 11.6 Å². The van der Waals surface area contributed by atoms with Gasteiger partial charge in [0, 0.05) is 17.3 Å². The molecule has 1 saturated heterocycles. The van der Waals surface area contributed by atoms with E-state index in [0.717, 1.165) is 11.3 Å². The molecular weight excluding hydrogens is 326 g/mol. The standard InChI is InChI=1S/C17H20ClN5O/c1-11-2-8-14(9-3-11)20-16-15(21-23-22-16)17(24)19-10-12-4-6-13(18)7-5-12/h2-9,15-16,20-23H,10H2,1H3,(H,19,24). The third kappa shape index (κ3) is 4.24. The fraction of sp³-hybridized carbons (Fsp3) is 0.235. The van der Waals surface area contributed by atoms with Crippen molar-refractivity contribution in [1.29, 1.82) is 0 Å². The molecule has 0 aliphatic carbocycles. The number of halogens is 1. The predicted molar refractivity (Wildman–Crippen MR) is 95.1 cm³/mol. The van der Waals surface area contributed by atoms with E-state index in [1.54, 1.807) is 0 Å². The zero-order valence-electron chi connectivity index (χ0n) is 13.3. The van der Waals surface area contributed by atoms with E-state index < -0.39 is 6.04 Å². The average Bonchev–Trinajstić information content (AvgIpc) is 3.04. The van der Waals surface area contributed by atoms with Crippen LogP contribution in [0.2, 0.25) is 5.02 Å². The number of carbonyl (C=O) groups is 1. The number of amides is 1. The first-order valence-electron chi connectivity index (χ1n) is 7.73. The second-order valence-electron chi connectivity index (χ2n) is 5.72. The van der Waals surface area contributed by atoms with E-state index in [0.29, 0.717) is 11.6 Å². The molecule has 0 saturated carbocycles. The minimum atomic E-state index is -0.446. The Balaban J connectivity index is 1.56. The number of rotatable bonds is 5. The Morgan fingerprint density at radius 3 is 2.50 bits per heavy atom. The molecule has 2 aromatic carbocycles. The fourth-order valence-electron chi connectivity index (χ4n) is 2.43. The summed E-state index contributed by atoms with van der Waals surface area (Å²) in [5.41, 5.74) is 11.9. The van der Waals surface area contributed by atoms with Gasteiger partial charge in [0.1, 0.15) is 12.2 Å². The summed E-state index contributed by atoms with van der Waals surface area (Å²) in [6.45, 7) is 2.49. The van der Waals surface area contributed by atoms with Gasteiger partial charge in [0.25, 0.3) is 0 Å². The summed E-state index contributed by atoms with van der Waals surface area (Å²) >= 11 is 5.86. The van der Waals surface area contributed by atoms with Crippen molar-refractivity contribution >= 4 is 23.2 Å². The first-order valence-corrected chi connectivity index (χ1v) is 8.11. The normalized spacial score (nSPS) is 19.9. The highest BCUT2D eigenvalue weighted by Crippen LogP contribution is 2.12. The molecule has 0 spiro atoms. The molecule has 0 bridgehead atoms. The van der Waals surface area contributed by atoms with Crippen molar-refractivity contribution in [2.75, 3.05) is 5.32 Å². The van der Waals surface area contributed by atoms with Crippen molar-refractivity contribution in [3.8, 4) is 0 Å². The van der Waals surface area contributed by atoms with Crippen LogP contribution in [-0.4, -0.2) is 18.1 Å². The van der Waals surface area contributed by atoms with E-state index in [9.17, 15) is 4.79 Å². The van der Waals surface area contributed by atoms with Gasteiger partial charge in [0.15, 0.2) is 0 Å². The summed E-state index contributed by atoms with van der Waals surface area (Å²) in [5, 5.41) is 6.89. The molecule has 2 aromatic rings. The molecule has 2 atom stereocenters. The molecule has 1 aliphatic heterocycles. The van der Waals surface area contributed by atoms with E-state index in [4.69, 9.17) is 11.6 Å². The molecule has 0 radical (unpaired) electrons. The monoisotopic (exact) mass is 345 g/mol. The van der Waals surface area contributed by atoms with Crippen LogP contribution in [0.15, 0.2) is 48.5 Å². The molecule has 5 N–H and O–H groups in total. The summed E-state index contributed by atoms with van der Waals surface area (Å²) < 4.78 is 0. The Labute approximate surface area is 145 Å². The Morgan fingerprint density at radius 2 is 1.79 bits per heavy atom. The number of hydrogen-bond acceptors (Lipinski definition) is 5. The quantitative estimate of drug-likeness (QED) is 0.570. The van der Waals surface area contributed by atoms with Gasteiger partial charge in [-0.15, -0.1) is 0 Å². The van der Waals surface area contributed by atoms with Crippen LogP contribution in [0, 0.1) is 6.92 Å². The zero-order chi connectivity index (χ0) is 16.9. The number of benzene rings is 2. The van der Waals surface area contributed by atoms with Crippen LogP contribution in [0.1, 0.15) is 11.1 Å². The number of nitrogens with one attached hydrogen (secondary N) is 5. The SMILES string of the molecule is Cc1ccc(NC2NNNC2C(=O)NCc2ccc(Cl)cc2)cc1. The summed E-state index contributed by atoms with van der Waals surface area (Å²) in [6.07, 6.45) is -0.266. The Kier molecular flexibility index (Phi) is 5.32. The number of carbonyl (C=O) groups excluding carboxylic acids is 1. The van der Waals surface area contributed by atoms with Crippen molar-refractivity contribution < 1.29 is 4.79 Å². The van der Waals surface area contributed by atoms with Crippen molar-refractivity contribution in [1.82, 2.24) is 21.7 Å². The van der Waals surface area contributed by atoms with E-state index in [-0.39, 0.29) is 12.1 Å². The van der Waals surface area contributed by atoms with Crippen molar-refractivity contribution in [3.05, 3.63) is 64.7 Å². The van der Waals surface area contributed by atoms with Crippen molar-refractivity contribution in [2.24, 2.45) is 0 Å². The highest BCUT2D eigenvalue weighted by Gasteiger charge is 2.32.